The molecule has 1 amide bonds. The van der Waals surface area contributed by atoms with Gasteiger partial charge in [-0.15, -0.1) is 0 Å². The third-order valence-corrected chi connectivity index (χ3v) is 7.36. The summed E-state index contributed by atoms with van der Waals surface area (Å²) >= 11 is 6.08. The number of aromatic nitrogens is 2. The number of sulfonamides is 1. The maximum atomic E-state index is 12.8. The first-order valence-electron chi connectivity index (χ1n) is 10.0. The minimum absolute atomic E-state index is 0.0546. The zero-order valence-corrected chi connectivity index (χ0v) is 20.3. The molecule has 32 heavy (non-hydrogen) atoms. The molecular formula is C23H27ClN4O3S. The summed E-state index contributed by atoms with van der Waals surface area (Å²) in [7, 11) is -0.969. The Morgan fingerprint density at radius 1 is 1.09 bits per heavy atom. The minimum Gasteiger partial charge on any atom is -0.307 e. The molecule has 0 aliphatic carbocycles. The first-order valence-corrected chi connectivity index (χ1v) is 11.9. The molecule has 3 rings (SSSR count). The number of nitrogens with one attached hydrogen (secondary N) is 1. The van der Waals surface area contributed by atoms with E-state index in [1.807, 2.05) is 12.1 Å². The van der Waals surface area contributed by atoms with Crippen LogP contribution in [0, 0.1) is 0 Å². The molecule has 0 spiro atoms. The van der Waals surface area contributed by atoms with Crippen molar-refractivity contribution in [3.8, 4) is 0 Å². The third kappa shape index (κ3) is 5.20. The van der Waals surface area contributed by atoms with Crippen molar-refractivity contribution in [2.75, 3.05) is 19.4 Å². The maximum absolute atomic E-state index is 12.8. The number of carbonyl (C=O) groups is 1. The van der Waals surface area contributed by atoms with Crippen LogP contribution in [0.1, 0.15) is 42.3 Å². The number of hydrogen-bond donors (Lipinski definition) is 1. The fraction of sp³-hybridized carbons (Fsp3) is 0.304. The zero-order chi connectivity index (χ0) is 23.7. The molecule has 0 fully saturated rings. The Labute approximate surface area is 194 Å². The number of benzene rings is 2. The van der Waals surface area contributed by atoms with Gasteiger partial charge in [0.05, 0.1) is 17.8 Å². The molecule has 0 unspecified atom stereocenters. The van der Waals surface area contributed by atoms with E-state index in [1.165, 1.54) is 37.9 Å². The van der Waals surface area contributed by atoms with Crippen LogP contribution in [0.4, 0.5) is 5.82 Å². The predicted molar refractivity (Wildman–Crippen MR) is 127 cm³/mol. The van der Waals surface area contributed by atoms with Crippen molar-refractivity contribution in [2.24, 2.45) is 0 Å². The normalized spacial score (nSPS) is 12.2. The van der Waals surface area contributed by atoms with Crippen molar-refractivity contribution in [1.82, 2.24) is 14.1 Å². The average Bonchev–Trinajstić information content (AvgIpc) is 3.14. The van der Waals surface area contributed by atoms with Crippen LogP contribution in [0.15, 0.2) is 59.6 Å². The molecule has 9 heteroatoms. The van der Waals surface area contributed by atoms with E-state index in [4.69, 9.17) is 11.6 Å². The topological polar surface area (TPSA) is 84.3 Å². The van der Waals surface area contributed by atoms with Gasteiger partial charge in [0.15, 0.2) is 0 Å². The molecule has 3 aromatic rings. The van der Waals surface area contributed by atoms with Crippen molar-refractivity contribution in [3.05, 3.63) is 76.4 Å². The van der Waals surface area contributed by atoms with E-state index in [-0.39, 0.29) is 20.9 Å². The first-order chi connectivity index (χ1) is 14.9. The van der Waals surface area contributed by atoms with E-state index in [1.54, 1.807) is 16.9 Å². The van der Waals surface area contributed by atoms with Crippen LogP contribution in [0.3, 0.4) is 0 Å². The second-order valence-corrected chi connectivity index (χ2v) is 11.2. The molecule has 1 aromatic heterocycles. The Morgan fingerprint density at radius 2 is 1.75 bits per heavy atom. The van der Waals surface area contributed by atoms with Gasteiger partial charge >= 0.3 is 0 Å². The molecule has 0 bridgehead atoms. The highest BCUT2D eigenvalue weighted by atomic mass is 35.5. The van der Waals surface area contributed by atoms with Gasteiger partial charge in [-0.05, 0) is 34.7 Å². The fourth-order valence-electron chi connectivity index (χ4n) is 3.08. The molecule has 0 saturated heterocycles. The lowest BCUT2D eigenvalue weighted by molar-refractivity contribution is 0.102. The molecule has 7 nitrogen and oxygen atoms in total. The Bertz CT molecular complexity index is 1230. The summed E-state index contributed by atoms with van der Waals surface area (Å²) in [5.41, 5.74) is 2.53. The van der Waals surface area contributed by atoms with Crippen LogP contribution in [-0.4, -0.2) is 42.5 Å². The predicted octanol–water partition coefficient (Wildman–Crippen LogP) is 4.38. The summed E-state index contributed by atoms with van der Waals surface area (Å²) in [5.74, 6) is 0.0450. The summed E-state index contributed by atoms with van der Waals surface area (Å²) in [6.07, 6.45) is 1.60. The Hall–Kier alpha value is -2.68. The number of carbonyl (C=O) groups excluding carboxylic acids is 1. The molecule has 0 saturated carbocycles. The van der Waals surface area contributed by atoms with Crippen molar-refractivity contribution >= 4 is 33.3 Å². The van der Waals surface area contributed by atoms with Crippen molar-refractivity contribution in [3.63, 3.8) is 0 Å². The van der Waals surface area contributed by atoms with Gasteiger partial charge in [-0.3, -0.25) is 4.79 Å². The highest BCUT2D eigenvalue weighted by Crippen LogP contribution is 2.26. The fourth-order valence-corrected chi connectivity index (χ4v) is 4.47. The van der Waals surface area contributed by atoms with E-state index in [0.717, 1.165) is 9.87 Å². The molecule has 0 radical (unpaired) electrons. The molecule has 1 heterocycles. The average molecular weight is 475 g/mol. The molecule has 0 atom stereocenters. The van der Waals surface area contributed by atoms with E-state index < -0.39 is 15.9 Å². The number of rotatable bonds is 6. The molecule has 170 valence electrons. The molecular weight excluding hydrogens is 448 g/mol. The van der Waals surface area contributed by atoms with Crippen LogP contribution >= 0.6 is 11.6 Å². The Morgan fingerprint density at radius 3 is 2.34 bits per heavy atom. The molecule has 0 aliphatic rings. The Kier molecular flexibility index (Phi) is 6.78. The number of nitrogens with zero attached hydrogens (tertiary/aromatic N) is 3. The van der Waals surface area contributed by atoms with Gasteiger partial charge in [0, 0.05) is 25.7 Å². The minimum atomic E-state index is -3.78. The lowest BCUT2D eigenvalue weighted by Crippen LogP contribution is -2.23. The quantitative estimate of drug-likeness (QED) is 0.574. The van der Waals surface area contributed by atoms with E-state index in [2.05, 4.69) is 43.3 Å². The van der Waals surface area contributed by atoms with E-state index in [9.17, 15) is 13.2 Å². The third-order valence-electron chi connectivity index (χ3n) is 5.06. The van der Waals surface area contributed by atoms with Gasteiger partial charge in [0.1, 0.15) is 10.7 Å². The SMILES string of the molecule is CN(C)S(=O)(=O)c1cc(C(=O)Nc2ccnn2Cc2ccc(C(C)(C)C)cc2)ccc1Cl. The van der Waals surface area contributed by atoms with Gasteiger partial charge in [0.2, 0.25) is 10.0 Å². The number of amides is 1. The lowest BCUT2D eigenvalue weighted by atomic mass is 9.87. The smallest absolute Gasteiger partial charge is 0.256 e. The molecule has 2 aromatic carbocycles. The standard InChI is InChI=1S/C23H27ClN4O3S/c1-23(2,3)18-9-6-16(7-10-18)15-28-21(12-13-25-28)26-22(29)17-8-11-19(24)20(14-17)32(30,31)27(4)5/h6-14H,15H2,1-5H3,(H,26,29). The summed E-state index contributed by atoms with van der Waals surface area (Å²) in [6, 6.07) is 14.1. The highest BCUT2D eigenvalue weighted by Gasteiger charge is 2.23. The summed E-state index contributed by atoms with van der Waals surface area (Å²) in [6.45, 7) is 6.97. The maximum Gasteiger partial charge on any atom is 0.256 e. The second kappa shape index (κ2) is 9.05. The lowest BCUT2D eigenvalue weighted by Gasteiger charge is -2.19. The second-order valence-electron chi connectivity index (χ2n) is 8.71. The van der Waals surface area contributed by atoms with Crippen molar-refractivity contribution < 1.29 is 13.2 Å². The van der Waals surface area contributed by atoms with Crippen LogP contribution in [-0.2, 0) is 22.0 Å². The van der Waals surface area contributed by atoms with Crippen LogP contribution < -0.4 is 5.32 Å². The largest absolute Gasteiger partial charge is 0.307 e. The van der Waals surface area contributed by atoms with Gasteiger partial charge < -0.3 is 5.32 Å². The van der Waals surface area contributed by atoms with E-state index in [0.29, 0.717) is 12.4 Å². The van der Waals surface area contributed by atoms with Crippen molar-refractivity contribution in [1.29, 1.82) is 0 Å². The Balaban J connectivity index is 1.80. The van der Waals surface area contributed by atoms with Crippen LogP contribution in [0.2, 0.25) is 5.02 Å². The molecule has 0 aliphatic heterocycles. The number of hydrogen-bond acceptors (Lipinski definition) is 4. The monoisotopic (exact) mass is 474 g/mol. The van der Waals surface area contributed by atoms with Crippen molar-refractivity contribution in [2.45, 2.75) is 37.6 Å². The van der Waals surface area contributed by atoms with Gasteiger partial charge in [-0.1, -0.05) is 56.6 Å². The van der Waals surface area contributed by atoms with Gasteiger partial charge in [0.25, 0.3) is 5.91 Å². The van der Waals surface area contributed by atoms with Gasteiger partial charge in [-0.25, -0.2) is 17.4 Å². The summed E-state index contributed by atoms with van der Waals surface area (Å²) in [4.78, 5) is 12.7. The van der Waals surface area contributed by atoms with Crippen LogP contribution in [0.25, 0.3) is 0 Å². The van der Waals surface area contributed by atoms with Crippen LogP contribution in [0.5, 0.6) is 0 Å². The van der Waals surface area contributed by atoms with E-state index >= 15 is 0 Å². The number of halogens is 1. The first kappa shape index (κ1) is 24.0. The van der Waals surface area contributed by atoms with Gasteiger partial charge in [-0.2, -0.15) is 5.10 Å². The molecule has 1 N–H and O–H groups in total. The highest BCUT2D eigenvalue weighted by molar-refractivity contribution is 7.89. The number of anilines is 1. The zero-order valence-electron chi connectivity index (χ0n) is 18.8. The summed E-state index contributed by atoms with van der Waals surface area (Å²) in [5, 5.41) is 7.16. The summed E-state index contributed by atoms with van der Waals surface area (Å²) < 4.78 is 27.7.